The van der Waals surface area contributed by atoms with Gasteiger partial charge in [0, 0.05) is 11.3 Å². The normalized spacial score (nSPS) is 32.3. The highest BCUT2D eigenvalue weighted by atomic mass is 35.5. The van der Waals surface area contributed by atoms with E-state index in [-0.39, 0.29) is 28.9 Å². The Morgan fingerprint density at radius 3 is 2.54 bits per heavy atom. The number of hydrogen-bond acceptors (Lipinski definition) is 2. The molecule has 2 fully saturated rings. The standard InChI is InChI=1S/C23H39ClO2/c1-3-5-6-7-8-11-18-19(21(25)17-20(18)24)12-9-13-22(26)23(14-4-2)15-10-16-23/h7-9,12,18-22,25-26H,3-6,10-11,13-17H2,1-2H3/b8-7-,12-9+/t18-,19-,20+,21-,22?/m1/s1. The Kier molecular flexibility index (Phi) is 9.20. The Morgan fingerprint density at radius 2 is 1.92 bits per heavy atom. The molecule has 2 saturated carbocycles. The van der Waals surface area contributed by atoms with Crippen LogP contribution in [0.4, 0.5) is 0 Å². The molecule has 2 aliphatic carbocycles. The number of aliphatic hydroxyl groups is 2. The molecule has 0 aliphatic heterocycles. The molecule has 150 valence electrons. The van der Waals surface area contributed by atoms with E-state index in [0.29, 0.717) is 18.8 Å². The van der Waals surface area contributed by atoms with E-state index in [2.05, 4.69) is 38.2 Å². The summed E-state index contributed by atoms with van der Waals surface area (Å²) in [6.07, 6.45) is 19.9. The molecule has 0 aromatic carbocycles. The van der Waals surface area contributed by atoms with Crippen molar-refractivity contribution in [2.45, 2.75) is 102 Å². The van der Waals surface area contributed by atoms with Gasteiger partial charge in [0.05, 0.1) is 12.2 Å². The zero-order chi connectivity index (χ0) is 19.0. The molecule has 0 heterocycles. The van der Waals surface area contributed by atoms with Crippen LogP contribution < -0.4 is 0 Å². The predicted octanol–water partition coefficient (Wildman–Crippen LogP) is 6.00. The fourth-order valence-corrected chi connectivity index (χ4v) is 5.30. The fraction of sp³-hybridized carbons (Fsp3) is 0.826. The highest BCUT2D eigenvalue weighted by Gasteiger charge is 2.42. The zero-order valence-corrected chi connectivity index (χ0v) is 17.5. The Labute approximate surface area is 165 Å². The second-order valence-electron chi connectivity index (χ2n) is 8.56. The van der Waals surface area contributed by atoms with E-state index in [9.17, 15) is 10.2 Å². The number of hydrogen-bond donors (Lipinski definition) is 2. The molecule has 3 heteroatoms. The molecule has 0 radical (unpaired) electrons. The van der Waals surface area contributed by atoms with Crippen LogP contribution in [0.3, 0.4) is 0 Å². The lowest BCUT2D eigenvalue weighted by Crippen LogP contribution is -2.41. The molecule has 2 aliphatic rings. The molecule has 0 aromatic rings. The summed E-state index contributed by atoms with van der Waals surface area (Å²) >= 11 is 6.52. The van der Waals surface area contributed by atoms with Crippen LogP contribution >= 0.6 is 11.6 Å². The maximum absolute atomic E-state index is 10.7. The summed E-state index contributed by atoms with van der Waals surface area (Å²) in [5, 5.41) is 21.1. The third-order valence-electron chi connectivity index (χ3n) is 6.69. The van der Waals surface area contributed by atoms with Gasteiger partial charge in [-0.15, -0.1) is 11.6 Å². The Hall–Kier alpha value is -0.310. The second kappa shape index (κ2) is 10.9. The minimum atomic E-state index is -0.353. The summed E-state index contributed by atoms with van der Waals surface area (Å²) < 4.78 is 0. The van der Waals surface area contributed by atoms with Crippen LogP contribution in [-0.2, 0) is 0 Å². The summed E-state index contributed by atoms with van der Waals surface area (Å²) in [6, 6.07) is 0. The first-order valence-electron chi connectivity index (χ1n) is 10.9. The highest BCUT2D eigenvalue weighted by Crippen LogP contribution is 2.48. The van der Waals surface area contributed by atoms with Gasteiger partial charge in [0.2, 0.25) is 0 Å². The first kappa shape index (κ1) is 22.0. The zero-order valence-electron chi connectivity index (χ0n) is 16.7. The SMILES string of the molecule is CCCC/C=C\C[C@@H]1[C@@H](/C=C/CC(O)C2(CCC)CCC2)[C@H](O)C[C@@H]1Cl. The van der Waals surface area contributed by atoms with Crippen molar-refractivity contribution in [3.8, 4) is 0 Å². The van der Waals surface area contributed by atoms with Gasteiger partial charge in [0.15, 0.2) is 0 Å². The van der Waals surface area contributed by atoms with Crippen LogP contribution in [0.15, 0.2) is 24.3 Å². The third kappa shape index (κ3) is 5.59. The lowest BCUT2D eigenvalue weighted by Gasteiger charge is -2.45. The van der Waals surface area contributed by atoms with Gasteiger partial charge in [0.1, 0.15) is 0 Å². The van der Waals surface area contributed by atoms with Crippen molar-refractivity contribution in [1.29, 1.82) is 0 Å². The summed E-state index contributed by atoms with van der Waals surface area (Å²) in [5.74, 6) is 0.412. The smallest absolute Gasteiger partial charge is 0.0630 e. The van der Waals surface area contributed by atoms with Crippen molar-refractivity contribution >= 4 is 11.6 Å². The molecular weight excluding hydrogens is 344 g/mol. The Balaban J connectivity index is 1.88. The summed E-state index contributed by atoms with van der Waals surface area (Å²) in [4.78, 5) is 0. The first-order valence-corrected chi connectivity index (χ1v) is 11.3. The average Bonchev–Trinajstić information content (AvgIpc) is 2.84. The quantitative estimate of drug-likeness (QED) is 0.261. The molecule has 0 bridgehead atoms. The van der Waals surface area contributed by atoms with Crippen molar-refractivity contribution in [2.75, 3.05) is 0 Å². The topological polar surface area (TPSA) is 40.5 Å². The maximum atomic E-state index is 10.7. The summed E-state index contributed by atoms with van der Waals surface area (Å²) in [7, 11) is 0. The van der Waals surface area contributed by atoms with Gasteiger partial charge in [0.25, 0.3) is 0 Å². The summed E-state index contributed by atoms with van der Waals surface area (Å²) in [5.41, 5.74) is 0.157. The molecule has 0 aromatic heterocycles. The van der Waals surface area contributed by atoms with E-state index >= 15 is 0 Å². The molecule has 0 spiro atoms. The van der Waals surface area contributed by atoms with Crippen LogP contribution in [0.1, 0.15) is 84.5 Å². The van der Waals surface area contributed by atoms with Gasteiger partial charge in [-0.1, -0.05) is 63.8 Å². The van der Waals surface area contributed by atoms with E-state index in [0.717, 1.165) is 38.5 Å². The molecule has 1 unspecified atom stereocenters. The number of aliphatic hydroxyl groups excluding tert-OH is 2. The lowest BCUT2D eigenvalue weighted by atomic mass is 9.62. The van der Waals surface area contributed by atoms with Gasteiger partial charge in [-0.05, 0) is 56.3 Å². The molecule has 2 nitrogen and oxygen atoms in total. The average molecular weight is 383 g/mol. The van der Waals surface area contributed by atoms with Crippen LogP contribution in [0.5, 0.6) is 0 Å². The fourth-order valence-electron chi connectivity index (χ4n) is 4.85. The van der Waals surface area contributed by atoms with Crippen LogP contribution in [-0.4, -0.2) is 27.8 Å². The van der Waals surface area contributed by atoms with E-state index in [4.69, 9.17) is 11.6 Å². The van der Waals surface area contributed by atoms with Gasteiger partial charge in [-0.3, -0.25) is 0 Å². The molecular formula is C23H39ClO2. The van der Waals surface area contributed by atoms with Crippen LogP contribution in [0.25, 0.3) is 0 Å². The molecule has 5 atom stereocenters. The van der Waals surface area contributed by atoms with Crippen molar-refractivity contribution in [3.63, 3.8) is 0 Å². The molecule has 2 N–H and O–H groups in total. The Bertz CT molecular complexity index is 455. The van der Waals surface area contributed by atoms with Crippen LogP contribution in [0, 0.1) is 17.3 Å². The lowest BCUT2D eigenvalue weighted by molar-refractivity contribution is -0.0396. The number of unbranched alkanes of at least 4 members (excludes halogenated alkanes) is 2. The molecule has 0 amide bonds. The largest absolute Gasteiger partial charge is 0.392 e. The number of allylic oxidation sites excluding steroid dienone is 2. The minimum Gasteiger partial charge on any atom is -0.392 e. The van der Waals surface area contributed by atoms with Gasteiger partial charge < -0.3 is 10.2 Å². The first-order chi connectivity index (χ1) is 12.5. The van der Waals surface area contributed by atoms with Crippen molar-refractivity contribution in [2.24, 2.45) is 17.3 Å². The summed E-state index contributed by atoms with van der Waals surface area (Å²) in [6.45, 7) is 4.41. The van der Waals surface area contributed by atoms with Gasteiger partial charge in [-0.2, -0.15) is 0 Å². The monoisotopic (exact) mass is 382 g/mol. The van der Waals surface area contributed by atoms with E-state index in [1.165, 1.54) is 19.3 Å². The van der Waals surface area contributed by atoms with Crippen molar-refractivity contribution < 1.29 is 10.2 Å². The van der Waals surface area contributed by atoms with E-state index < -0.39 is 0 Å². The molecule has 0 saturated heterocycles. The van der Waals surface area contributed by atoms with E-state index in [1.54, 1.807) is 0 Å². The molecule has 26 heavy (non-hydrogen) atoms. The van der Waals surface area contributed by atoms with Crippen molar-refractivity contribution in [3.05, 3.63) is 24.3 Å². The van der Waals surface area contributed by atoms with Gasteiger partial charge in [-0.25, -0.2) is 0 Å². The number of alkyl halides is 1. The number of rotatable bonds is 11. The van der Waals surface area contributed by atoms with Crippen molar-refractivity contribution in [1.82, 2.24) is 0 Å². The number of halogens is 1. The highest BCUT2D eigenvalue weighted by molar-refractivity contribution is 6.21. The second-order valence-corrected chi connectivity index (χ2v) is 9.12. The van der Waals surface area contributed by atoms with Crippen LogP contribution in [0.2, 0.25) is 0 Å². The van der Waals surface area contributed by atoms with E-state index in [1.807, 2.05) is 0 Å². The predicted molar refractivity (Wildman–Crippen MR) is 111 cm³/mol. The molecule has 2 rings (SSSR count). The van der Waals surface area contributed by atoms with Gasteiger partial charge >= 0.3 is 0 Å². The minimum absolute atomic E-state index is 0.0402. The maximum Gasteiger partial charge on any atom is 0.0630 e. The Morgan fingerprint density at radius 1 is 1.15 bits per heavy atom. The third-order valence-corrected chi connectivity index (χ3v) is 7.19.